The van der Waals surface area contributed by atoms with Crippen LogP contribution in [0.3, 0.4) is 0 Å². The minimum Gasteiger partial charge on any atom is -0.301 e. The third kappa shape index (κ3) is 3.10. The van der Waals surface area contributed by atoms with Crippen LogP contribution in [-0.2, 0) is 24.8 Å². The lowest BCUT2D eigenvalue weighted by molar-refractivity contribution is -0.117. The molecule has 0 aliphatic carbocycles. The first-order valence-corrected chi connectivity index (χ1v) is 9.24. The van der Waals surface area contributed by atoms with Gasteiger partial charge in [-0.3, -0.25) is 14.4 Å². The summed E-state index contributed by atoms with van der Waals surface area (Å²) in [6, 6.07) is 0. The zero-order chi connectivity index (χ0) is 17.4. The summed E-state index contributed by atoms with van der Waals surface area (Å²) in [6.45, 7) is 11.1. The maximum atomic E-state index is 12.7. The molecule has 24 heavy (non-hydrogen) atoms. The van der Waals surface area contributed by atoms with E-state index in [0.29, 0.717) is 5.13 Å². The Bertz CT molecular complexity index is 763. The van der Waals surface area contributed by atoms with E-state index in [9.17, 15) is 4.79 Å². The molecule has 0 saturated heterocycles. The Kier molecular flexibility index (Phi) is 4.73. The standard InChI is InChI=1S/C17H25N5OS/c1-6-22-8-7-13-14(9-22)24-17(18-13)19-16(23)10(2)15-11(3)20-21(5)12(15)4/h10H,6-9H2,1-5H3,(H,18,19,23)/t10-/m0/s1. The number of nitrogens with zero attached hydrogens (tertiary/aromatic N) is 4. The largest absolute Gasteiger partial charge is 0.301 e. The van der Waals surface area contributed by atoms with Crippen LogP contribution in [0.4, 0.5) is 5.13 Å². The van der Waals surface area contributed by atoms with E-state index in [0.717, 1.165) is 48.7 Å². The molecule has 0 saturated carbocycles. The number of thiazole rings is 1. The van der Waals surface area contributed by atoms with Crippen LogP contribution >= 0.6 is 11.3 Å². The first-order chi connectivity index (χ1) is 11.4. The molecule has 7 heteroatoms. The van der Waals surface area contributed by atoms with Crippen molar-refractivity contribution in [1.29, 1.82) is 0 Å². The molecule has 0 fully saturated rings. The average molecular weight is 347 g/mol. The van der Waals surface area contributed by atoms with Gasteiger partial charge in [0.1, 0.15) is 0 Å². The van der Waals surface area contributed by atoms with Gasteiger partial charge < -0.3 is 5.32 Å². The molecule has 0 spiro atoms. The highest BCUT2D eigenvalue weighted by Crippen LogP contribution is 2.30. The molecule has 0 aromatic carbocycles. The summed E-state index contributed by atoms with van der Waals surface area (Å²) < 4.78 is 1.83. The predicted molar refractivity (Wildman–Crippen MR) is 96.5 cm³/mol. The Balaban J connectivity index is 1.74. The lowest BCUT2D eigenvalue weighted by atomic mass is 9.98. The summed E-state index contributed by atoms with van der Waals surface area (Å²) in [5, 5.41) is 8.13. The lowest BCUT2D eigenvalue weighted by Crippen LogP contribution is -2.29. The average Bonchev–Trinajstić information content (AvgIpc) is 3.06. The smallest absolute Gasteiger partial charge is 0.233 e. The fourth-order valence-corrected chi connectivity index (χ4v) is 4.39. The molecule has 1 atom stereocenters. The number of hydrogen-bond donors (Lipinski definition) is 1. The van der Waals surface area contributed by atoms with E-state index >= 15 is 0 Å². The number of carbonyl (C=O) groups is 1. The summed E-state index contributed by atoms with van der Waals surface area (Å²) in [7, 11) is 1.91. The van der Waals surface area contributed by atoms with Gasteiger partial charge in [-0.15, -0.1) is 11.3 Å². The van der Waals surface area contributed by atoms with Crippen LogP contribution in [-0.4, -0.2) is 38.7 Å². The SMILES string of the molecule is CCN1CCc2nc(NC(=O)[C@@H](C)c3c(C)nn(C)c3C)sc2C1. The van der Waals surface area contributed by atoms with E-state index in [1.54, 1.807) is 11.3 Å². The molecule has 2 aromatic heterocycles. The van der Waals surface area contributed by atoms with Crippen molar-refractivity contribution in [1.82, 2.24) is 19.7 Å². The van der Waals surface area contributed by atoms with Crippen LogP contribution in [0.15, 0.2) is 0 Å². The monoisotopic (exact) mass is 347 g/mol. The van der Waals surface area contributed by atoms with Crippen LogP contribution in [0.1, 0.15) is 47.3 Å². The van der Waals surface area contributed by atoms with E-state index in [1.807, 2.05) is 32.5 Å². The van der Waals surface area contributed by atoms with Gasteiger partial charge in [0.25, 0.3) is 0 Å². The van der Waals surface area contributed by atoms with Gasteiger partial charge in [-0.1, -0.05) is 6.92 Å². The molecule has 6 nitrogen and oxygen atoms in total. The molecule has 3 heterocycles. The molecular weight excluding hydrogens is 322 g/mol. The first-order valence-electron chi connectivity index (χ1n) is 8.42. The van der Waals surface area contributed by atoms with Gasteiger partial charge in [0.05, 0.1) is 17.3 Å². The van der Waals surface area contributed by atoms with E-state index < -0.39 is 0 Å². The van der Waals surface area contributed by atoms with Gasteiger partial charge >= 0.3 is 0 Å². The number of carbonyl (C=O) groups excluding carboxylic acids is 1. The highest BCUT2D eigenvalue weighted by Gasteiger charge is 2.25. The number of fused-ring (bicyclic) bond motifs is 1. The van der Waals surface area contributed by atoms with Gasteiger partial charge in [0.2, 0.25) is 5.91 Å². The normalized spacial score (nSPS) is 16.0. The number of hydrogen-bond acceptors (Lipinski definition) is 5. The van der Waals surface area contributed by atoms with E-state index in [4.69, 9.17) is 0 Å². The molecule has 1 aliphatic heterocycles. The van der Waals surface area contributed by atoms with Gasteiger partial charge in [0.15, 0.2) is 5.13 Å². The van der Waals surface area contributed by atoms with Crippen molar-refractivity contribution in [3.05, 3.63) is 27.5 Å². The molecule has 130 valence electrons. The quantitative estimate of drug-likeness (QED) is 0.923. The van der Waals surface area contributed by atoms with Crippen LogP contribution in [0.25, 0.3) is 0 Å². The summed E-state index contributed by atoms with van der Waals surface area (Å²) in [5.41, 5.74) is 4.09. The summed E-state index contributed by atoms with van der Waals surface area (Å²) in [4.78, 5) is 21.0. The van der Waals surface area contributed by atoms with Gasteiger partial charge in [-0.2, -0.15) is 5.10 Å². The third-order valence-corrected chi connectivity index (χ3v) is 5.88. The Hall–Kier alpha value is -1.73. The molecule has 1 aliphatic rings. The van der Waals surface area contributed by atoms with Crippen molar-refractivity contribution in [3.8, 4) is 0 Å². The number of amides is 1. The highest BCUT2D eigenvalue weighted by molar-refractivity contribution is 7.15. The number of nitrogens with one attached hydrogen (secondary N) is 1. The minimum atomic E-state index is -0.244. The molecule has 1 amide bonds. The van der Waals surface area contributed by atoms with E-state index in [-0.39, 0.29) is 11.8 Å². The summed E-state index contributed by atoms with van der Waals surface area (Å²) >= 11 is 1.60. The fraction of sp³-hybridized carbons (Fsp3) is 0.588. The van der Waals surface area contributed by atoms with Crippen molar-refractivity contribution in [2.24, 2.45) is 7.05 Å². The first kappa shape index (κ1) is 17.1. The molecular formula is C17H25N5OS. The van der Waals surface area contributed by atoms with Crippen LogP contribution in [0.2, 0.25) is 0 Å². The molecule has 0 bridgehead atoms. The van der Waals surface area contributed by atoms with Crippen molar-refractivity contribution < 1.29 is 4.79 Å². The predicted octanol–water partition coefficient (Wildman–Crippen LogP) is 2.61. The van der Waals surface area contributed by atoms with Gasteiger partial charge in [-0.25, -0.2) is 4.98 Å². The number of likely N-dealkylation sites (N-methyl/N-ethyl adjacent to an activating group) is 1. The maximum Gasteiger partial charge on any atom is 0.233 e. The Morgan fingerprint density at radius 2 is 2.17 bits per heavy atom. The second-order valence-electron chi connectivity index (χ2n) is 6.43. The highest BCUT2D eigenvalue weighted by atomic mass is 32.1. The van der Waals surface area contributed by atoms with Crippen LogP contribution in [0.5, 0.6) is 0 Å². The zero-order valence-corrected chi connectivity index (χ0v) is 15.8. The second-order valence-corrected chi connectivity index (χ2v) is 7.51. The topological polar surface area (TPSA) is 63.1 Å². The lowest BCUT2D eigenvalue weighted by Gasteiger charge is -2.23. The fourth-order valence-electron chi connectivity index (χ4n) is 3.33. The van der Waals surface area contributed by atoms with E-state index in [2.05, 4.69) is 27.2 Å². The van der Waals surface area contributed by atoms with Gasteiger partial charge in [-0.05, 0) is 27.3 Å². The Morgan fingerprint density at radius 3 is 2.79 bits per heavy atom. The van der Waals surface area contributed by atoms with Crippen LogP contribution < -0.4 is 5.32 Å². The number of anilines is 1. The zero-order valence-electron chi connectivity index (χ0n) is 15.0. The van der Waals surface area contributed by atoms with Crippen molar-refractivity contribution in [3.63, 3.8) is 0 Å². The molecule has 0 unspecified atom stereocenters. The maximum absolute atomic E-state index is 12.7. The molecule has 0 radical (unpaired) electrons. The molecule has 2 aromatic rings. The number of aryl methyl sites for hydroxylation is 2. The Labute approximate surface area is 146 Å². The second kappa shape index (κ2) is 6.64. The van der Waals surface area contributed by atoms with E-state index in [1.165, 1.54) is 4.88 Å². The molecule has 1 N–H and O–H groups in total. The van der Waals surface area contributed by atoms with Crippen LogP contribution in [0, 0.1) is 13.8 Å². The van der Waals surface area contributed by atoms with Crippen molar-refractivity contribution in [2.45, 2.75) is 46.6 Å². The summed E-state index contributed by atoms with van der Waals surface area (Å²) in [6.07, 6.45) is 0.964. The Morgan fingerprint density at radius 1 is 1.42 bits per heavy atom. The third-order valence-electron chi connectivity index (χ3n) is 4.88. The van der Waals surface area contributed by atoms with Crippen molar-refractivity contribution >= 4 is 22.4 Å². The number of aromatic nitrogens is 3. The van der Waals surface area contributed by atoms with Gasteiger partial charge in [0, 0.05) is 42.7 Å². The van der Waals surface area contributed by atoms with Crippen molar-refractivity contribution in [2.75, 3.05) is 18.4 Å². The minimum absolute atomic E-state index is 0.0207. The number of rotatable bonds is 4. The molecule has 3 rings (SSSR count). The summed E-state index contributed by atoms with van der Waals surface area (Å²) in [5.74, 6) is -0.264.